The average Bonchev–Trinajstić information content (AvgIpc) is 2.47. The Hall–Kier alpha value is -0.530. The Morgan fingerprint density at radius 3 is 2.00 bits per heavy atom. The molecule has 0 spiro atoms. The van der Waals surface area contributed by atoms with E-state index in [1.807, 2.05) is 6.92 Å². The molecule has 0 aromatic carbocycles. The first-order valence-corrected chi connectivity index (χ1v) is 5.50. The van der Waals surface area contributed by atoms with Crippen molar-refractivity contribution in [2.45, 2.75) is 65.3 Å². The zero-order valence-corrected chi connectivity index (χ0v) is 9.23. The van der Waals surface area contributed by atoms with Crippen LogP contribution < -0.4 is 5.32 Å². The van der Waals surface area contributed by atoms with Crippen molar-refractivity contribution in [3.63, 3.8) is 0 Å². The van der Waals surface area contributed by atoms with Crippen LogP contribution in [0.25, 0.3) is 0 Å². The van der Waals surface area contributed by atoms with Crippen LogP contribution in [0.15, 0.2) is 0 Å². The minimum absolute atomic E-state index is 0.201. The molecule has 0 radical (unpaired) electrons. The van der Waals surface area contributed by atoms with Gasteiger partial charge in [0.2, 0.25) is 5.91 Å². The number of amides is 1. The summed E-state index contributed by atoms with van der Waals surface area (Å²) in [5.74, 6) is 0.201. The Morgan fingerprint density at radius 1 is 1.31 bits per heavy atom. The lowest BCUT2D eigenvalue weighted by Gasteiger charge is -1.95. The lowest BCUT2D eigenvalue weighted by Crippen LogP contribution is -2.21. The summed E-state index contributed by atoms with van der Waals surface area (Å²) < 4.78 is 0. The standard InChI is InChI=1S/C6H14.C5H9NO/c1-3-5-6-4-2;1-4-2-3-5(7)6-4/h3-6H2,1-2H3;4H,2-3H2,1H3,(H,6,7). The summed E-state index contributed by atoms with van der Waals surface area (Å²) in [6.07, 6.45) is 7.27. The topological polar surface area (TPSA) is 29.1 Å². The van der Waals surface area contributed by atoms with Gasteiger partial charge in [-0.1, -0.05) is 39.5 Å². The van der Waals surface area contributed by atoms with Gasteiger partial charge < -0.3 is 5.32 Å². The normalized spacial score (nSPS) is 20.5. The molecule has 1 atom stereocenters. The molecule has 0 aromatic heterocycles. The summed E-state index contributed by atoms with van der Waals surface area (Å²) in [7, 11) is 0. The fourth-order valence-electron chi connectivity index (χ4n) is 1.27. The second-order valence-electron chi connectivity index (χ2n) is 3.71. The van der Waals surface area contributed by atoms with E-state index >= 15 is 0 Å². The van der Waals surface area contributed by atoms with Crippen LogP contribution in [0.4, 0.5) is 0 Å². The van der Waals surface area contributed by atoms with Gasteiger partial charge in [-0.15, -0.1) is 0 Å². The number of carbonyl (C=O) groups excluding carboxylic acids is 1. The Balaban J connectivity index is 0.000000226. The molecule has 1 N–H and O–H groups in total. The minimum atomic E-state index is 0.201. The van der Waals surface area contributed by atoms with Crippen LogP contribution in [0.2, 0.25) is 0 Å². The number of hydrogen-bond donors (Lipinski definition) is 1. The molecule has 0 aliphatic carbocycles. The molecular formula is C11H23NO. The molecule has 13 heavy (non-hydrogen) atoms. The van der Waals surface area contributed by atoms with Gasteiger partial charge in [-0.3, -0.25) is 4.79 Å². The highest BCUT2D eigenvalue weighted by Crippen LogP contribution is 2.03. The first-order valence-electron chi connectivity index (χ1n) is 5.50. The molecule has 1 saturated heterocycles. The van der Waals surface area contributed by atoms with Crippen LogP contribution in [-0.4, -0.2) is 11.9 Å². The molecule has 1 fully saturated rings. The van der Waals surface area contributed by atoms with Gasteiger partial charge in [0.25, 0.3) is 0 Å². The summed E-state index contributed by atoms with van der Waals surface area (Å²) >= 11 is 0. The number of rotatable bonds is 3. The van der Waals surface area contributed by atoms with E-state index in [1.165, 1.54) is 25.7 Å². The van der Waals surface area contributed by atoms with Gasteiger partial charge in [-0.2, -0.15) is 0 Å². The lowest BCUT2D eigenvalue weighted by atomic mass is 10.2. The van der Waals surface area contributed by atoms with Crippen molar-refractivity contribution in [1.82, 2.24) is 5.32 Å². The molecular weight excluding hydrogens is 162 g/mol. The van der Waals surface area contributed by atoms with Gasteiger partial charge in [0, 0.05) is 12.5 Å². The largest absolute Gasteiger partial charge is 0.354 e. The summed E-state index contributed by atoms with van der Waals surface area (Å²) in [4.78, 5) is 10.3. The molecule has 2 heteroatoms. The molecule has 1 amide bonds. The van der Waals surface area contributed by atoms with E-state index in [-0.39, 0.29) is 5.91 Å². The van der Waals surface area contributed by atoms with Gasteiger partial charge in [-0.25, -0.2) is 0 Å². The molecule has 2 nitrogen and oxygen atoms in total. The van der Waals surface area contributed by atoms with Crippen LogP contribution in [0.5, 0.6) is 0 Å². The molecule has 78 valence electrons. The zero-order valence-electron chi connectivity index (χ0n) is 9.23. The summed E-state index contributed by atoms with van der Waals surface area (Å²) in [6.45, 7) is 6.48. The third-order valence-corrected chi connectivity index (χ3v) is 2.17. The Bertz CT molecular complexity index is 130. The fourth-order valence-corrected chi connectivity index (χ4v) is 1.27. The lowest BCUT2D eigenvalue weighted by molar-refractivity contribution is -0.119. The van der Waals surface area contributed by atoms with Crippen molar-refractivity contribution < 1.29 is 4.79 Å². The van der Waals surface area contributed by atoms with Gasteiger partial charge in [-0.05, 0) is 13.3 Å². The Labute approximate surface area is 82.1 Å². The summed E-state index contributed by atoms with van der Waals surface area (Å²) in [5, 5.41) is 2.78. The highest BCUT2D eigenvalue weighted by molar-refractivity contribution is 5.78. The number of nitrogens with one attached hydrogen (secondary N) is 1. The second-order valence-corrected chi connectivity index (χ2v) is 3.71. The minimum Gasteiger partial charge on any atom is -0.354 e. The third kappa shape index (κ3) is 7.82. The first kappa shape index (κ1) is 12.5. The fraction of sp³-hybridized carbons (Fsp3) is 0.909. The Kier molecular flexibility index (Phi) is 7.76. The molecule has 0 saturated carbocycles. The van der Waals surface area contributed by atoms with E-state index in [1.54, 1.807) is 0 Å². The predicted molar refractivity (Wildman–Crippen MR) is 56.7 cm³/mol. The van der Waals surface area contributed by atoms with Crippen molar-refractivity contribution in [2.24, 2.45) is 0 Å². The Morgan fingerprint density at radius 2 is 1.85 bits per heavy atom. The van der Waals surface area contributed by atoms with Gasteiger partial charge in [0.15, 0.2) is 0 Å². The van der Waals surface area contributed by atoms with Crippen LogP contribution >= 0.6 is 0 Å². The van der Waals surface area contributed by atoms with E-state index < -0.39 is 0 Å². The average molecular weight is 185 g/mol. The molecule has 0 bridgehead atoms. The van der Waals surface area contributed by atoms with Crippen LogP contribution in [0, 0.1) is 0 Å². The molecule has 1 aliphatic heterocycles. The van der Waals surface area contributed by atoms with Crippen LogP contribution in [0.1, 0.15) is 59.3 Å². The highest BCUT2D eigenvalue weighted by atomic mass is 16.1. The van der Waals surface area contributed by atoms with Crippen molar-refractivity contribution in [2.75, 3.05) is 0 Å². The monoisotopic (exact) mass is 185 g/mol. The smallest absolute Gasteiger partial charge is 0.220 e. The van der Waals surface area contributed by atoms with E-state index in [9.17, 15) is 4.79 Å². The SMILES string of the molecule is CC1CCC(=O)N1.CCCCCC. The maximum Gasteiger partial charge on any atom is 0.220 e. The van der Waals surface area contributed by atoms with Crippen LogP contribution in [-0.2, 0) is 4.79 Å². The van der Waals surface area contributed by atoms with Crippen LogP contribution in [0.3, 0.4) is 0 Å². The van der Waals surface area contributed by atoms with Crippen molar-refractivity contribution in [3.05, 3.63) is 0 Å². The molecule has 1 rings (SSSR count). The maximum atomic E-state index is 10.3. The van der Waals surface area contributed by atoms with Crippen molar-refractivity contribution in [3.8, 4) is 0 Å². The number of unbranched alkanes of at least 4 members (excludes halogenated alkanes) is 3. The van der Waals surface area contributed by atoms with E-state index in [4.69, 9.17) is 0 Å². The summed E-state index contributed by atoms with van der Waals surface area (Å²) in [5.41, 5.74) is 0. The first-order chi connectivity index (χ1) is 6.20. The quantitative estimate of drug-likeness (QED) is 0.673. The van der Waals surface area contributed by atoms with Gasteiger partial charge in [0.1, 0.15) is 0 Å². The highest BCUT2D eigenvalue weighted by Gasteiger charge is 2.14. The second kappa shape index (κ2) is 8.09. The number of hydrogen-bond acceptors (Lipinski definition) is 1. The van der Waals surface area contributed by atoms with E-state index in [2.05, 4.69) is 19.2 Å². The predicted octanol–water partition coefficient (Wildman–Crippen LogP) is 2.87. The molecule has 1 aliphatic rings. The molecule has 1 heterocycles. The van der Waals surface area contributed by atoms with Gasteiger partial charge in [0.05, 0.1) is 0 Å². The maximum absolute atomic E-state index is 10.3. The number of carbonyl (C=O) groups is 1. The van der Waals surface area contributed by atoms with E-state index in [0.717, 1.165) is 12.8 Å². The van der Waals surface area contributed by atoms with Crippen molar-refractivity contribution >= 4 is 5.91 Å². The summed E-state index contributed by atoms with van der Waals surface area (Å²) in [6, 6.07) is 0.424. The molecule has 0 aromatic rings. The third-order valence-electron chi connectivity index (χ3n) is 2.17. The molecule has 1 unspecified atom stereocenters. The zero-order chi connectivity index (χ0) is 10.1. The van der Waals surface area contributed by atoms with Crippen molar-refractivity contribution in [1.29, 1.82) is 0 Å². The van der Waals surface area contributed by atoms with Gasteiger partial charge >= 0.3 is 0 Å². The van der Waals surface area contributed by atoms with E-state index in [0.29, 0.717) is 6.04 Å².